The van der Waals surface area contributed by atoms with Gasteiger partial charge in [-0.2, -0.15) is 0 Å². The lowest BCUT2D eigenvalue weighted by molar-refractivity contribution is -0.141. The molecule has 0 fully saturated rings. The zero-order chi connectivity index (χ0) is 11.0. The molecule has 0 aromatic heterocycles. The molecular weight excluding hydrogens is 178 g/mol. The summed E-state index contributed by atoms with van der Waals surface area (Å²) in [6.07, 6.45) is 5.28. The van der Waals surface area contributed by atoms with E-state index in [1.165, 1.54) is 12.8 Å². The minimum Gasteiger partial charge on any atom is -0.481 e. The minimum absolute atomic E-state index is 0.263. The topological polar surface area (TPSA) is 63.3 Å². The van der Waals surface area contributed by atoms with E-state index in [4.69, 9.17) is 10.8 Å². The molecule has 3 heteroatoms. The van der Waals surface area contributed by atoms with Gasteiger partial charge in [0, 0.05) is 6.54 Å². The lowest BCUT2D eigenvalue weighted by atomic mass is 9.99. The van der Waals surface area contributed by atoms with Crippen LogP contribution < -0.4 is 5.73 Å². The van der Waals surface area contributed by atoms with E-state index in [0.717, 1.165) is 25.2 Å². The van der Waals surface area contributed by atoms with E-state index in [1.807, 2.05) is 0 Å². The third-order valence-electron chi connectivity index (χ3n) is 2.47. The summed E-state index contributed by atoms with van der Waals surface area (Å²) in [4.78, 5) is 10.6. The summed E-state index contributed by atoms with van der Waals surface area (Å²) in [5.74, 6) is -0.342. The second-order valence-corrected chi connectivity index (χ2v) is 4.30. The number of nitrogens with two attached hydrogens (primary N) is 1. The van der Waals surface area contributed by atoms with Gasteiger partial charge in [0.1, 0.15) is 0 Å². The number of rotatable bonds is 8. The van der Waals surface area contributed by atoms with Gasteiger partial charge >= 0.3 is 5.97 Å². The normalized spacial score (nSPS) is 13.1. The number of hydrogen-bond acceptors (Lipinski definition) is 2. The maximum absolute atomic E-state index is 10.6. The molecule has 0 amide bonds. The van der Waals surface area contributed by atoms with Gasteiger partial charge in [-0.3, -0.25) is 4.79 Å². The van der Waals surface area contributed by atoms with E-state index in [-0.39, 0.29) is 12.5 Å². The third kappa shape index (κ3) is 6.89. The maximum atomic E-state index is 10.6. The Hall–Kier alpha value is -0.570. The Labute approximate surface area is 86.7 Å². The van der Waals surface area contributed by atoms with Crippen molar-refractivity contribution in [1.29, 1.82) is 0 Å². The molecule has 3 N–H and O–H groups in total. The minimum atomic E-state index is -0.753. The highest BCUT2D eigenvalue weighted by molar-refractivity contribution is 5.70. The Morgan fingerprint density at radius 3 is 2.21 bits per heavy atom. The summed E-state index contributed by atoms with van der Waals surface area (Å²) in [6, 6.07) is 0. The summed E-state index contributed by atoms with van der Waals surface area (Å²) in [5.41, 5.74) is 5.36. The van der Waals surface area contributed by atoms with Crippen LogP contribution in [-0.2, 0) is 4.79 Å². The van der Waals surface area contributed by atoms with Crippen LogP contribution in [-0.4, -0.2) is 17.6 Å². The monoisotopic (exact) mass is 201 g/mol. The number of carbonyl (C=O) groups is 1. The molecule has 0 aromatic rings. The van der Waals surface area contributed by atoms with Crippen LogP contribution in [0.3, 0.4) is 0 Å². The van der Waals surface area contributed by atoms with Gasteiger partial charge in [0.2, 0.25) is 0 Å². The van der Waals surface area contributed by atoms with E-state index in [9.17, 15) is 4.79 Å². The molecule has 0 aliphatic carbocycles. The zero-order valence-electron chi connectivity index (χ0n) is 9.33. The molecule has 0 rings (SSSR count). The van der Waals surface area contributed by atoms with E-state index < -0.39 is 5.97 Å². The molecule has 84 valence electrons. The van der Waals surface area contributed by atoms with Crippen molar-refractivity contribution in [2.45, 2.75) is 46.0 Å². The maximum Gasteiger partial charge on any atom is 0.307 e. The van der Waals surface area contributed by atoms with Gasteiger partial charge in [0.05, 0.1) is 5.92 Å². The SMILES string of the molecule is CC(C)CCCCCC(CN)C(=O)O. The van der Waals surface area contributed by atoms with Gasteiger partial charge in [-0.05, 0) is 12.3 Å². The Balaban J connectivity index is 3.38. The fourth-order valence-corrected chi connectivity index (χ4v) is 1.46. The van der Waals surface area contributed by atoms with Gasteiger partial charge in [-0.1, -0.05) is 39.5 Å². The number of unbranched alkanes of at least 4 members (excludes halogenated alkanes) is 2. The van der Waals surface area contributed by atoms with Crippen molar-refractivity contribution in [1.82, 2.24) is 0 Å². The fraction of sp³-hybridized carbons (Fsp3) is 0.909. The zero-order valence-corrected chi connectivity index (χ0v) is 9.33. The van der Waals surface area contributed by atoms with Crippen LogP contribution in [0, 0.1) is 11.8 Å². The van der Waals surface area contributed by atoms with E-state index >= 15 is 0 Å². The van der Waals surface area contributed by atoms with Gasteiger partial charge < -0.3 is 10.8 Å². The van der Waals surface area contributed by atoms with Gasteiger partial charge in [0.25, 0.3) is 0 Å². The highest BCUT2D eigenvalue weighted by Crippen LogP contribution is 2.13. The van der Waals surface area contributed by atoms with Crippen LogP contribution in [0.1, 0.15) is 46.0 Å². The molecule has 0 aromatic carbocycles. The quantitative estimate of drug-likeness (QED) is 0.592. The Morgan fingerprint density at radius 2 is 1.79 bits per heavy atom. The largest absolute Gasteiger partial charge is 0.481 e. The third-order valence-corrected chi connectivity index (χ3v) is 2.47. The first-order valence-electron chi connectivity index (χ1n) is 5.50. The number of carboxylic acids is 1. The molecule has 0 radical (unpaired) electrons. The van der Waals surface area contributed by atoms with Crippen LogP contribution in [0.5, 0.6) is 0 Å². The molecule has 14 heavy (non-hydrogen) atoms. The van der Waals surface area contributed by atoms with Crippen molar-refractivity contribution < 1.29 is 9.90 Å². The first-order valence-corrected chi connectivity index (χ1v) is 5.50. The summed E-state index contributed by atoms with van der Waals surface area (Å²) >= 11 is 0. The summed E-state index contributed by atoms with van der Waals surface area (Å²) in [5, 5.41) is 8.74. The molecule has 1 atom stereocenters. The average Bonchev–Trinajstić information content (AvgIpc) is 2.10. The molecule has 0 aliphatic rings. The van der Waals surface area contributed by atoms with Crippen molar-refractivity contribution in [2.75, 3.05) is 6.54 Å². The molecule has 3 nitrogen and oxygen atoms in total. The van der Waals surface area contributed by atoms with Crippen molar-refractivity contribution in [3.63, 3.8) is 0 Å². The van der Waals surface area contributed by atoms with Crippen molar-refractivity contribution in [3.8, 4) is 0 Å². The second kappa shape index (κ2) is 7.80. The Kier molecular flexibility index (Phi) is 7.48. The molecular formula is C11H23NO2. The fourth-order valence-electron chi connectivity index (χ4n) is 1.46. The lowest BCUT2D eigenvalue weighted by Crippen LogP contribution is -2.23. The van der Waals surface area contributed by atoms with Gasteiger partial charge in [-0.15, -0.1) is 0 Å². The smallest absolute Gasteiger partial charge is 0.307 e. The highest BCUT2D eigenvalue weighted by atomic mass is 16.4. The predicted molar refractivity (Wildman–Crippen MR) is 58.1 cm³/mol. The molecule has 0 spiro atoms. The van der Waals surface area contributed by atoms with Crippen LogP contribution in [0.4, 0.5) is 0 Å². The van der Waals surface area contributed by atoms with Crippen LogP contribution >= 0.6 is 0 Å². The van der Waals surface area contributed by atoms with Crippen LogP contribution in [0.15, 0.2) is 0 Å². The van der Waals surface area contributed by atoms with Crippen molar-refractivity contribution in [3.05, 3.63) is 0 Å². The summed E-state index contributed by atoms with van der Waals surface area (Å²) in [6.45, 7) is 4.68. The molecule has 1 unspecified atom stereocenters. The van der Waals surface area contributed by atoms with E-state index in [1.54, 1.807) is 0 Å². The molecule has 0 saturated heterocycles. The number of carboxylic acid groups (broad SMARTS) is 1. The molecule has 0 heterocycles. The molecule has 0 aliphatic heterocycles. The number of hydrogen-bond donors (Lipinski definition) is 2. The number of aliphatic carboxylic acids is 1. The summed E-state index contributed by atoms with van der Waals surface area (Å²) in [7, 11) is 0. The van der Waals surface area contributed by atoms with Gasteiger partial charge in [-0.25, -0.2) is 0 Å². The molecule has 0 saturated carbocycles. The van der Waals surface area contributed by atoms with E-state index in [0.29, 0.717) is 0 Å². The van der Waals surface area contributed by atoms with Crippen LogP contribution in [0.25, 0.3) is 0 Å². The Bertz CT molecular complexity index is 157. The Morgan fingerprint density at radius 1 is 1.21 bits per heavy atom. The first kappa shape index (κ1) is 13.4. The van der Waals surface area contributed by atoms with Gasteiger partial charge in [0.15, 0.2) is 0 Å². The predicted octanol–water partition coefficient (Wildman–Crippen LogP) is 2.25. The van der Waals surface area contributed by atoms with Crippen molar-refractivity contribution in [2.24, 2.45) is 17.6 Å². The standard InChI is InChI=1S/C11H23NO2/c1-9(2)6-4-3-5-7-10(8-12)11(13)14/h9-10H,3-8,12H2,1-2H3,(H,13,14). The second-order valence-electron chi connectivity index (χ2n) is 4.30. The first-order chi connectivity index (χ1) is 6.57. The van der Waals surface area contributed by atoms with Crippen LogP contribution in [0.2, 0.25) is 0 Å². The highest BCUT2D eigenvalue weighted by Gasteiger charge is 2.13. The van der Waals surface area contributed by atoms with Crippen molar-refractivity contribution >= 4 is 5.97 Å². The lowest BCUT2D eigenvalue weighted by Gasteiger charge is -2.09. The molecule has 0 bridgehead atoms. The van der Waals surface area contributed by atoms with E-state index in [2.05, 4.69) is 13.8 Å². The average molecular weight is 201 g/mol. The summed E-state index contributed by atoms with van der Waals surface area (Å²) < 4.78 is 0.